The monoisotopic (exact) mass is 412 g/mol. The number of pyridine rings is 2. The zero-order valence-electron chi connectivity index (χ0n) is 15.4. The van der Waals surface area contributed by atoms with E-state index in [9.17, 15) is 9.90 Å². The quantitative estimate of drug-likeness (QED) is 0.322. The number of nitrogens with zero attached hydrogens (tertiary/aromatic N) is 2. The van der Waals surface area contributed by atoms with Crippen LogP contribution in [0.4, 0.5) is 0 Å². The molecule has 0 aliphatic carbocycles. The number of ketones is 1. The largest absolute Gasteiger partial charge is 0.389 e. The van der Waals surface area contributed by atoms with Crippen molar-refractivity contribution in [2.75, 3.05) is 0 Å². The third kappa shape index (κ3) is 4.84. The first-order chi connectivity index (χ1) is 13.3. The first kappa shape index (κ1) is 20.2. The Morgan fingerprint density at radius 2 is 1.39 bits per heavy atom. The Labute approximate surface area is 172 Å². The van der Waals surface area contributed by atoms with Crippen molar-refractivity contribution >= 4 is 50.5 Å². The highest BCUT2D eigenvalue weighted by atomic mass is 35.5. The Hall–Kier alpha value is -2.53. The van der Waals surface area contributed by atoms with E-state index in [1.54, 1.807) is 44.4 Å². The van der Waals surface area contributed by atoms with Gasteiger partial charge in [0.2, 0.25) is 0 Å². The van der Waals surface area contributed by atoms with Crippen LogP contribution in [-0.2, 0) is 0 Å². The van der Waals surface area contributed by atoms with Crippen LogP contribution in [0, 0.1) is 0 Å². The molecule has 2 heterocycles. The normalized spacial score (nSPS) is 11.8. The minimum absolute atomic E-state index is 0.0554. The molecule has 0 aliphatic rings. The first-order valence-corrected chi connectivity index (χ1v) is 9.38. The number of benzene rings is 2. The van der Waals surface area contributed by atoms with Crippen molar-refractivity contribution in [3.05, 3.63) is 82.4 Å². The molecule has 0 bridgehead atoms. The lowest BCUT2D eigenvalue weighted by Gasteiger charge is -2.05. The molecular formula is C22H18Cl2N2O2. The average molecular weight is 413 g/mol. The Balaban J connectivity index is 0.000000161. The van der Waals surface area contributed by atoms with Crippen molar-refractivity contribution in [1.82, 2.24) is 9.97 Å². The predicted molar refractivity (Wildman–Crippen MR) is 114 cm³/mol. The van der Waals surface area contributed by atoms with Crippen LogP contribution in [0.2, 0.25) is 10.3 Å². The molecule has 4 rings (SSSR count). The molecule has 0 radical (unpaired) electrons. The summed E-state index contributed by atoms with van der Waals surface area (Å²) in [4.78, 5) is 19.1. The molecule has 0 unspecified atom stereocenters. The second-order valence-electron chi connectivity index (χ2n) is 6.41. The summed E-state index contributed by atoms with van der Waals surface area (Å²) in [5.74, 6) is 0.0554. The van der Waals surface area contributed by atoms with E-state index < -0.39 is 6.10 Å². The highest BCUT2D eigenvalue weighted by molar-refractivity contribution is 6.30. The third-order valence-corrected chi connectivity index (χ3v) is 4.70. The van der Waals surface area contributed by atoms with Crippen molar-refractivity contribution in [3.63, 3.8) is 0 Å². The summed E-state index contributed by atoms with van der Waals surface area (Å²) < 4.78 is 0. The lowest BCUT2D eigenvalue weighted by molar-refractivity contribution is 0.101. The summed E-state index contributed by atoms with van der Waals surface area (Å²) in [6.45, 7) is 3.29. The fourth-order valence-corrected chi connectivity index (χ4v) is 3.06. The number of hydrogen-bond acceptors (Lipinski definition) is 4. The van der Waals surface area contributed by atoms with Crippen molar-refractivity contribution in [2.24, 2.45) is 0 Å². The summed E-state index contributed by atoms with van der Waals surface area (Å²) in [6, 6.07) is 14.8. The number of aliphatic hydroxyl groups excluding tert-OH is 1. The lowest BCUT2D eigenvalue weighted by atomic mass is 10.1. The molecule has 28 heavy (non-hydrogen) atoms. The molecule has 2 aromatic carbocycles. The molecule has 0 spiro atoms. The van der Waals surface area contributed by atoms with Crippen LogP contribution in [0.1, 0.15) is 35.9 Å². The number of Topliss-reactive ketones (excluding diaryl/α,β-unsaturated/α-hetero) is 1. The average Bonchev–Trinajstić information content (AvgIpc) is 2.67. The summed E-state index contributed by atoms with van der Waals surface area (Å²) in [7, 11) is 0. The van der Waals surface area contributed by atoms with Gasteiger partial charge in [0.15, 0.2) is 5.78 Å². The standard InChI is InChI=1S/C11H10ClNO.C11H8ClNO/c2*1-7(14)8-2-3-9-6-13-11(12)5-10(9)4-8/h2-7,14H,1H3;2-6H,1H3/t7-;/m1./s1. The predicted octanol–water partition coefficient (Wildman–Crippen LogP) is 6.03. The molecule has 0 saturated heterocycles. The van der Waals surface area contributed by atoms with E-state index in [4.69, 9.17) is 23.2 Å². The van der Waals surface area contributed by atoms with Gasteiger partial charge in [0, 0.05) is 28.7 Å². The minimum atomic E-state index is -0.452. The van der Waals surface area contributed by atoms with Crippen LogP contribution in [0.3, 0.4) is 0 Å². The van der Waals surface area contributed by atoms with Gasteiger partial charge in [-0.25, -0.2) is 9.97 Å². The molecule has 0 fully saturated rings. The maximum atomic E-state index is 11.1. The Kier molecular flexibility index (Phi) is 6.25. The van der Waals surface area contributed by atoms with Gasteiger partial charge < -0.3 is 5.11 Å². The van der Waals surface area contributed by atoms with Crippen molar-refractivity contribution in [2.45, 2.75) is 20.0 Å². The Bertz CT molecular complexity index is 1160. The highest BCUT2D eigenvalue weighted by Crippen LogP contribution is 2.21. The van der Waals surface area contributed by atoms with Gasteiger partial charge >= 0.3 is 0 Å². The summed E-state index contributed by atoms with van der Waals surface area (Å²) >= 11 is 11.5. The van der Waals surface area contributed by atoms with E-state index in [2.05, 4.69) is 9.97 Å². The van der Waals surface area contributed by atoms with Crippen LogP contribution in [0.25, 0.3) is 21.5 Å². The number of carbonyl (C=O) groups is 1. The van der Waals surface area contributed by atoms with Gasteiger partial charge in [-0.2, -0.15) is 0 Å². The molecule has 1 N–H and O–H groups in total. The highest BCUT2D eigenvalue weighted by Gasteiger charge is 2.03. The number of rotatable bonds is 2. The van der Waals surface area contributed by atoms with E-state index in [-0.39, 0.29) is 5.78 Å². The second kappa shape index (κ2) is 8.65. The van der Waals surface area contributed by atoms with Crippen LogP contribution in [-0.4, -0.2) is 20.9 Å². The van der Waals surface area contributed by atoms with Crippen molar-refractivity contribution in [3.8, 4) is 0 Å². The minimum Gasteiger partial charge on any atom is -0.389 e. The SMILES string of the molecule is CC(=O)c1ccc2cnc(Cl)cc2c1.C[C@@H](O)c1ccc2cnc(Cl)cc2c1. The van der Waals surface area contributed by atoms with Gasteiger partial charge in [0.1, 0.15) is 10.3 Å². The van der Waals surface area contributed by atoms with Crippen LogP contribution < -0.4 is 0 Å². The molecule has 0 aliphatic heterocycles. The maximum Gasteiger partial charge on any atom is 0.159 e. The van der Waals surface area contributed by atoms with E-state index in [1.807, 2.05) is 30.3 Å². The van der Waals surface area contributed by atoms with Crippen LogP contribution in [0.15, 0.2) is 60.9 Å². The molecule has 2 aromatic heterocycles. The van der Waals surface area contributed by atoms with Gasteiger partial charge in [-0.15, -0.1) is 0 Å². The summed E-state index contributed by atoms with van der Waals surface area (Å²) in [5.41, 5.74) is 1.58. The number of hydrogen-bond donors (Lipinski definition) is 1. The molecule has 142 valence electrons. The summed E-state index contributed by atoms with van der Waals surface area (Å²) in [6.07, 6.45) is 2.97. The molecule has 0 saturated carbocycles. The van der Waals surface area contributed by atoms with E-state index in [0.717, 1.165) is 27.1 Å². The van der Waals surface area contributed by atoms with Gasteiger partial charge in [-0.05, 0) is 54.4 Å². The van der Waals surface area contributed by atoms with Gasteiger partial charge in [0.05, 0.1) is 6.10 Å². The van der Waals surface area contributed by atoms with E-state index >= 15 is 0 Å². The summed E-state index contributed by atoms with van der Waals surface area (Å²) in [5, 5.41) is 14.3. The third-order valence-electron chi connectivity index (χ3n) is 4.29. The first-order valence-electron chi connectivity index (χ1n) is 8.63. The van der Waals surface area contributed by atoms with Gasteiger partial charge in [-0.3, -0.25) is 4.79 Å². The molecule has 4 aromatic rings. The Morgan fingerprint density at radius 3 is 1.93 bits per heavy atom. The van der Waals surface area contributed by atoms with Crippen molar-refractivity contribution in [1.29, 1.82) is 0 Å². The van der Waals surface area contributed by atoms with Gasteiger partial charge in [0.25, 0.3) is 0 Å². The fourth-order valence-electron chi connectivity index (χ4n) is 2.73. The molecule has 1 atom stereocenters. The molecule has 6 heteroatoms. The molecule has 0 amide bonds. The smallest absolute Gasteiger partial charge is 0.159 e. The van der Waals surface area contributed by atoms with Crippen molar-refractivity contribution < 1.29 is 9.90 Å². The number of carbonyl (C=O) groups excluding carboxylic acids is 1. The van der Waals surface area contributed by atoms with Crippen LogP contribution in [0.5, 0.6) is 0 Å². The fraction of sp³-hybridized carbons (Fsp3) is 0.136. The number of fused-ring (bicyclic) bond motifs is 2. The number of aromatic nitrogens is 2. The lowest BCUT2D eigenvalue weighted by Crippen LogP contribution is -1.91. The number of halogens is 2. The molecular weight excluding hydrogens is 395 g/mol. The topological polar surface area (TPSA) is 63.1 Å². The van der Waals surface area contributed by atoms with Gasteiger partial charge in [-0.1, -0.05) is 47.5 Å². The van der Waals surface area contributed by atoms with Crippen LogP contribution >= 0.6 is 23.2 Å². The molecule has 4 nitrogen and oxygen atoms in total. The second-order valence-corrected chi connectivity index (χ2v) is 7.19. The Morgan fingerprint density at radius 1 is 0.857 bits per heavy atom. The van der Waals surface area contributed by atoms with E-state index in [1.165, 1.54) is 0 Å². The zero-order valence-corrected chi connectivity index (χ0v) is 16.9. The number of aliphatic hydroxyl groups is 1. The van der Waals surface area contributed by atoms with E-state index in [0.29, 0.717) is 15.9 Å². The zero-order chi connectivity index (χ0) is 20.3. The maximum absolute atomic E-state index is 11.1.